The number of hydrogen-bond donors (Lipinski definition) is 1. The molecule has 0 amide bonds. The van der Waals surface area contributed by atoms with Crippen molar-refractivity contribution in [3.63, 3.8) is 0 Å². The average Bonchev–Trinajstić information content (AvgIpc) is 3.06. The fourth-order valence-electron chi connectivity index (χ4n) is 2.69. The second kappa shape index (κ2) is 6.03. The molecule has 122 valence electrons. The Labute approximate surface area is 148 Å². The third kappa shape index (κ3) is 2.86. The van der Waals surface area contributed by atoms with E-state index in [0.29, 0.717) is 10.7 Å². The van der Waals surface area contributed by atoms with Crippen LogP contribution in [0.2, 0.25) is 5.02 Å². The largest absolute Gasteiger partial charge is 0.476 e. The third-order valence-corrected chi connectivity index (χ3v) is 4.07. The standard InChI is InChI=1S/C19H12ClN3O2/c20-14-8-4-7-13(9-14)17-10-15(12-5-2-1-3-6-12)21-18-11-16(19(24)25)22-23(17)18/h1-11H,(H,24,25). The van der Waals surface area contributed by atoms with Crippen LogP contribution < -0.4 is 0 Å². The number of fused-ring (bicyclic) bond motifs is 1. The Bertz CT molecular complexity index is 1090. The van der Waals surface area contributed by atoms with E-state index in [9.17, 15) is 9.90 Å². The number of aromatic carboxylic acids is 1. The zero-order valence-electron chi connectivity index (χ0n) is 12.9. The molecule has 0 radical (unpaired) electrons. The van der Waals surface area contributed by atoms with Crippen LogP contribution in [0.4, 0.5) is 0 Å². The Morgan fingerprint density at radius 1 is 0.960 bits per heavy atom. The van der Waals surface area contributed by atoms with Crippen LogP contribution in [-0.4, -0.2) is 25.7 Å². The Morgan fingerprint density at radius 3 is 2.44 bits per heavy atom. The molecule has 2 aromatic carbocycles. The van der Waals surface area contributed by atoms with Crippen LogP contribution in [0, 0.1) is 0 Å². The van der Waals surface area contributed by atoms with Crippen molar-refractivity contribution in [2.75, 3.05) is 0 Å². The molecule has 4 rings (SSSR count). The number of rotatable bonds is 3. The molecule has 0 aliphatic rings. The summed E-state index contributed by atoms with van der Waals surface area (Å²) in [7, 11) is 0. The molecule has 0 aliphatic heterocycles. The van der Waals surface area contributed by atoms with Crippen molar-refractivity contribution in [1.29, 1.82) is 0 Å². The van der Waals surface area contributed by atoms with Crippen LogP contribution in [-0.2, 0) is 0 Å². The predicted octanol–water partition coefficient (Wildman–Crippen LogP) is 4.41. The number of carboxylic acid groups (broad SMARTS) is 1. The topological polar surface area (TPSA) is 67.5 Å². The Morgan fingerprint density at radius 2 is 1.72 bits per heavy atom. The fourth-order valence-corrected chi connectivity index (χ4v) is 2.88. The molecule has 0 fully saturated rings. The van der Waals surface area contributed by atoms with Gasteiger partial charge in [-0.3, -0.25) is 0 Å². The van der Waals surface area contributed by atoms with Gasteiger partial charge in [-0.1, -0.05) is 54.1 Å². The van der Waals surface area contributed by atoms with Crippen LogP contribution in [0.5, 0.6) is 0 Å². The minimum absolute atomic E-state index is 0.0546. The summed E-state index contributed by atoms with van der Waals surface area (Å²) >= 11 is 6.12. The Hall–Kier alpha value is -3.18. The van der Waals surface area contributed by atoms with Crippen LogP contribution in [0.3, 0.4) is 0 Å². The first-order valence-corrected chi connectivity index (χ1v) is 7.95. The van der Waals surface area contributed by atoms with Crippen molar-refractivity contribution in [1.82, 2.24) is 14.6 Å². The lowest BCUT2D eigenvalue weighted by atomic mass is 10.1. The lowest BCUT2D eigenvalue weighted by molar-refractivity contribution is 0.0690. The van der Waals surface area contributed by atoms with Gasteiger partial charge in [0.1, 0.15) is 0 Å². The van der Waals surface area contributed by atoms with E-state index in [-0.39, 0.29) is 5.69 Å². The van der Waals surface area contributed by atoms with E-state index in [2.05, 4.69) is 10.1 Å². The maximum Gasteiger partial charge on any atom is 0.356 e. The summed E-state index contributed by atoms with van der Waals surface area (Å²) in [5, 5.41) is 14.0. The van der Waals surface area contributed by atoms with Gasteiger partial charge in [0.05, 0.1) is 11.4 Å². The molecule has 4 aromatic rings. The summed E-state index contributed by atoms with van der Waals surface area (Å²) in [6, 6.07) is 20.4. The average molecular weight is 350 g/mol. The van der Waals surface area contributed by atoms with E-state index >= 15 is 0 Å². The van der Waals surface area contributed by atoms with E-state index in [0.717, 1.165) is 22.5 Å². The second-order valence-electron chi connectivity index (χ2n) is 5.51. The van der Waals surface area contributed by atoms with Gasteiger partial charge < -0.3 is 5.11 Å². The lowest BCUT2D eigenvalue weighted by Crippen LogP contribution is -2.01. The van der Waals surface area contributed by atoms with E-state index in [1.165, 1.54) is 10.6 Å². The SMILES string of the molecule is O=C(O)c1cc2nc(-c3ccccc3)cc(-c3cccc(Cl)c3)n2n1. The van der Waals surface area contributed by atoms with Crippen LogP contribution in [0.25, 0.3) is 28.2 Å². The molecule has 0 bridgehead atoms. The summed E-state index contributed by atoms with van der Waals surface area (Å²) in [4.78, 5) is 15.9. The molecule has 25 heavy (non-hydrogen) atoms. The number of hydrogen-bond acceptors (Lipinski definition) is 3. The Balaban J connectivity index is 2.02. The number of halogens is 1. The number of carbonyl (C=O) groups is 1. The van der Waals surface area contributed by atoms with Crippen molar-refractivity contribution < 1.29 is 9.90 Å². The summed E-state index contributed by atoms with van der Waals surface area (Å²) in [6.07, 6.45) is 0. The van der Waals surface area contributed by atoms with Crippen LogP contribution >= 0.6 is 11.6 Å². The number of aromatic nitrogens is 3. The molecule has 2 aromatic heterocycles. The van der Waals surface area contributed by atoms with Gasteiger partial charge in [-0.05, 0) is 18.2 Å². The number of nitrogens with zero attached hydrogens (tertiary/aromatic N) is 3. The molecule has 1 N–H and O–H groups in total. The number of carboxylic acids is 1. The first kappa shape index (κ1) is 15.4. The minimum Gasteiger partial charge on any atom is -0.476 e. The van der Waals surface area contributed by atoms with E-state index in [1.807, 2.05) is 54.6 Å². The zero-order chi connectivity index (χ0) is 17.4. The molecule has 2 heterocycles. The molecule has 5 nitrogen and oxygen atoms in total. The van der Waals surface area contributed by atoms with Gasteiger partial charge in [0.15, 0.2) is 11.3 Å². The van der Waals surface area contributed by atoms with Gasteiger partial charge in [0.2, 0.25) is 0 Å². The smallest absolute Gasteiger partial charge is 0.356 e. The maximum absolute atomic E-state index is 11.3. The second-order valence-corrected chi connectivity index (χ2v) is 5.94. The predicted molar refractivity (Wildman–Crippen MR) is 95.8 cm³/mol. The molecule has 0 unspecified atom stereocenters. The molecule has 0 atom stereocenters. The molecule has 0 spiro atoms. The van der Waals surface area contributed by atoms with Crippen molar-refractivity contribution in [2.45, 2.75) is 0 Å². The molecular weight excluding hydrogens is 338 g/mol. The van der Waals surface area contributed by atoms with Gasteiger partial charge in [-0.2, -0.15) is 5.10 Å². The highest BCUT2D eigenvalue weighted by Crippen LogP contribution is 2.28. The zero-order valence-corrected chi connectivity index (χ0v) is 13.7. The minimum atomic E-state index is -1.09. The van der Waals surface area contributed by atoms with E-state index in [4.69, 9.17) is 11.6 Å². The first-order valence-electron chi connectivity index (χ1n) is 7.57. The van der Waals surface area contributed by atoms with Crippen molar-refractivity contribution in [2.24, 2.45) is 0 Å². The highest BCUT2D eigenvalue weighted by Gasteiger charge is 2.15. The fraction of sp³-hybridized carbons (Fsp3) is 0. The van der Waals surface area contributed by atoms with Gasteiger partial charge in [0, 0.05) is 22.2 Å². The van der Waals surface area contributed by atoms with E-state index < -0.39 is 5.97 Å². The monoisotopic (exact) mass is 349 g/mol. The lowest BCUT2D eigenvalue weighted by Gasteiger charge is -2.09. The molecule has 0 saturated carbocycles. The summed E-state index contributed by atoms with van der Waals surface area (Å²) in [5.41, 5.74) is 3.64. The summed E-state index contributed by atoms with van der Waals surface area (Å²) in [6.45, 7) is 0. The quantitative estimate of drug-likeness (QED) is 0.594. The first-order chi connectivity index (χ1) is 12.1. The van der Waals surface area contributed by atoms with Crippen LogP contribution in [0.1, 0.15) is 10.5 Å². The van der Waals surface area contributed by atoms with Gasteiger partial charge >= 0.3 is 5.97 Å². The summed E-state index contributed by atoms with van der Waals surface area (Å²) in [5.74, 6) is -1.09. The van der Waals surface area contributed by atoms with E-state index in [1.54, 1.807) is 6.07 Å². The summed E-state index contributed by atoms with van der Waals surface area (Å²) < 4.78 is 1.53. The molecule has 0 saturated heterocycles. The highest BCUT2D eigenvalue weighted by atomic mass is 35.5. The van der Waals surface area contributed by atoms with Gasteiger partial charge in [-0.15, -0.1) is 0 Å². The van der Waals surface area contributed by atoms with Crippen molar-refractivity contribution >= 4 is 23.2 Å². The maximum atomic E-state index is 11.3. The van der Waals surface area contributed by atoms with Gasteiger partial charge in [-0.25, -0.2) is 14.3 Å². The Kier molecular flexibility index (Phi) is 3.71. The van der Waals surface area contributed by atoms with Crippen molar-refractivity contribution in [3.8, 4) is 22.5 Å². The third-order valence-electron chi connectivity index (χ3n) is 3.84. The molecular formula is C19H12ClN3O2. The molecule has 6 heteroatoms. The highest BCUT2D eigenvalue weighted by molar-refractivity contribution is 6.30. The molecule has 0 aliphatic carbocycles. The normalized spacial score (nSPS) is 10.9. The van der Waals surface area contributed by atoms with Crippen LogP contribution in [0.15, 0.2) is 66.7 Å². The van der Waals surface area contributed by atoms with Crippen molar-refractivity contribution in [3.05, 3.63) is 77.4 Å². The number of benzene rings is 2. The van der Waals surface area contributed by atoms with Gasteiger partial charge in [0.25, 0.3) is 0 Å².